The third kappa shape index (κ3) is 5.10. The van der Waals surface area contributed by atoms with Gasteiger partial charge in [0.05, 0.1) is 36.1 Å². The number of nitrogens with zero attached hydrogens (tertiary/aromatic N) is 2. The minimum Gasteiger partial charge on any atom is -0.392 e. The van der Waals surface area contributed by atoms with Crippen molar-refractivity contribution in [3.8, 4) is 11.3 Å². The summed E-state index contributed by atoms with van der Waals surface area (Å²) in [6.45, 7) is 4.35. The van der Waals surface area contributed by atoms with E-state index >= 15 is 4.39 Å². The zero-order chi connectivity index (χ0) is 27.4. The number of aliphatic hydroxyl groups excluding tert-OH is 1. The Morgan fingerprint density at radius 1 is 1.21 bits per heavy atom. The van der Waals surface area contributed by atoms with Crippen LogP contribution < -0.4 is 4.72 Å². The first-order valence-corrected chi connectivity index (χ1v) is 16.8. The van der Waals surface area contributed by atoms with E-state index in [0.29, 0.717) is 17.9 Å². The van der Waals surface area contributed by atoms with Crippen LogP contribution in [-0.4, -0.2) is 41.0 Å². The van der Waals surface area contributed by atoms with E-state index in [1.54, 1.807) is 18.6 Å². The quantitative estimate of drug-likeness (QED) is 0.413. The van der Waals surface area contributed by atoms with E-state index in [-0.39, 0.29) is 46.8 Å². The number of benzene rings is 1. The number of fused-ring (bicyclic) bond motifs is 5. The summed E-state index contributed by atoms with van der Waals surface area (Å²) < 4.78 is 46.9. The molecule has 6 nitrogen and oxygen atoms in total. The number of hydrogen-bond acceptors (Lipinski definition) is 4. The highest BCUT2D eigenvalue weighted by molar-refractivity contribution is 7.89. The van der Waals surface area contributed by atoms with Crippen molar-refractivity contribution in [1.29, 1.82) is 0 Å². The second-order valence-corrected chi connectivity index (χ2v) is 15.1. The van der Waals surface area contributed by atoms with Crippen molar-refractivity contribution in [2.45, 2.75) is 103 Å². The zero-order valence-electron chi connectivity index (χ0n) is 23.4. The molecule has 2 aromatic rings. The Bertz CT molecular complexity index is 1290. The minimum absolute atomic E-state index is 0.0850. The number of sulfonamides is 1. The molecule has 7 unspecified atom stereocenters. The number of nitrogens with one attached hydrogen (secondary N) is 1. The molecular weight excluding hydrogens is 513 g/mol. The lowest BCUT2D eigenvalue weighted by Gasteiger charge is -2.54. The van der Waals surface area contributed by atoms with E-state index < -0.39 is 16.1 Å². The van der Waals surface area contributed by atoms with Crippen LogP contribution in [0.1, 0.15) is 96.1 Å². The van der Waals surface area contributed by atoms with E-state index in [1.807, 2.05) is 10.6 Å². The predicted octanol–water partition coefficient (Wildman–Crippen LogP) is 6.06. The average molecular weight is 558 g/mol. The number of rotatable bonds is 8. The van der Waals surface area contributed by atoms with Gasteiger partial charge in [0.15, 0.2) is 0 Å². The normalized spacial score (nSPS) is 33.5. The Labute approximate surface area is 232 Å². The van der Waals surface area contributed by atoms with Gasteiger partial charge in [-0.15, -0.1) is 0 Å². The van der Waals surface area contributed by atoms with Crippen LogP contribution in [0.4, 0.5) is 4.39 Å². The highest BCUT2D eigenvalue weighted by Gasteiger charge is 2.51. The molecule has 2 N–H and O–H groups in total. The van der Waals surface area contributed by atoms with Gasteiger partial charge in [0.2, 0.25) is 10.0 Å². The van der Waals surface area contributed by atoms with Crippen molar-refractivity contribution < 1.29 is 17.9 Å². The highest BCUT2D eigenvalue weighted by Crippen LogP contribution is 2.55. The maximum absolute atomic E-state index is 15.1. The van der Waals surface area contributed by atoms with Crippen LogP contribution in [0.5, 0.6) is 0 Å². The summed E-state index contributed by atoms with van der Waals surface area (Å²) >= 11 is 0. The molecule has 0 spiro atoms. The number of aromatic nitrogens is 2. The fourth-order valence-electron chi connectivity index (χ4n) is 8.99. The molecule has 2 bridgehead atoms. The molecule has 6 rings (SSSR count). The third-order valence-corrected chi connectivity index (χ3v) is 12.4. The second-order valence-electron chi connectivity index (χ2n) is 13.3. The van der Waals surface area contributed by atoms with Gasteiger partial charge in [-0.05, 0) is 86.5 Å². The predicted molar refractivity (Wildman–Crippen MR) is 151 cm³/mol. The van der Waals surface area contributed by atoms with E-state index in [2.05, 4.69) is 23.6 Å². The number of halogens is 1. The Morgan fingerprint density at radius 3 is 2.77 bits per heavy atom. The van der Waals surface area contributed by atoms with Crippen molar-refractivity contribution in [3.63, 3.8) is 0 Å². The summed E-state index contributed by atoms with van der Waals surface area (Å²) in [5.74, 6) is 1.25. The van der Waals surface area contributed by atoms with Gasteiger partial charge in [0.25, 0.3) is 0 Å². The van der Waals surface area contributed by atoms with Crippen LogP contribution in [0.3, 0.4) is 0 Å². The molecule has 0 saturated heterocycles. The summed E-state index contributed by atoms with van der Waals surface area (Å²) in [7, 11) is -3.36. The molecule has 214 valence electrons. The maximum Gasteiger partial charge on any atom is 0.212 e. The van der Waals surface area contributed by atoms with Gasteiger partial charge in [-0.25, -0.2) is 22.5 Å². The summed E-state index contributed by atoms with van der Waals surface area (Å²) in [5, 5.41) is 11.9. The number of aliphatic hydroxyl groups is 1. The van der Waals surface area contributed by atoms with Crippen LogP contribution in [-0.2, 0) is 10.0 Å². The van der Waals surface area contributed by atoms with Gasteiger partial charge < -0.3 is 9.67 Å². The summed E-state index contributed by atoms with van der Waals surface area (Å²) in [5.41, 5.74) is 2.10. The lowest BCUT2D eigenvalue weighted by Crippen LogP contribution is -2.55. The minimum atomic E-state index is -3.36. The first kappa shape index (κ1) is 27.4. The van der Waals surface area contributed by atoms with Gasteiger partial charge in [0, 0.05) is 17.2 Å². The van der Waals surface area contributed by atoms with Crippen LogP contribution in [0.15, 0.2) is 30.7 Å². The maximum atomic E-state index is 15.1. The van der Waals surface area contributed by atoms with Crippen molar-refractivity contribution in [2.24, 2.45) is 29.1 Å². The van der Waals surface area contributed by atoms with Crippen LogP contribution >= 0.6 is 0 Å². The molecule has 4 aliphatic rings. The van der Waals surface area contributed by atoms with E-state index in [4.69, 9.17) is 0 Å². The van der Waals surface area contributed by atoms with E-state index in [0.717, 1.165) is 69.0 Å². The van der Waals surface area contributed by atoms with Crippen LogP contribution in [0, 0.1) is 34.9 Å². The molecule has 1 aromatic heterocycles. The summed E-state index contributed by atoms with van der Waals surface area (Å²) in [6.07, 6.45) is 13.4. The van der Waals surface area contributed by atoms with Crippen molar-refractivity contribution in [3.05, 3.63) is 42.1 Å². The summed E-state index contributed by atoms with van der Waals surface area (Å²) in [4.78, 5) is 4.31. The molecule has 7 atom stereocenters. The lowest BCUT2D eigenvalue weighted by atomic mass is 9.54. The fraction of sp³-hybridized carbons (Fsp3) is 0.710. The Balaban J connectivity index is 1.21. The van der Waals surface area contributed by atoms with Gasteiger partial charge in [-0.2, -0.15) is 0 Å². The number of imidazole rings is 1. The Morgan fingerprint density at radius 2 is 2.00 bits per heavy atom. The monoisotopic (exact) mass is 557 g/mol. The largest absolute Gasteiger partial charge is 0.392 e. The summed E-state index contributed by atoms with van der Waals surface area (Å²) in [6, 6.07) is 4.80. The molecular formula is C31H44FN3O3S. The Hall–Kier alpha value is -1.77. The lowest BCUT2D eigenvalue weighted by molar-refractivity contribution is -0.0740. The molecule has 1 aromatic carbocycles. The number of hydrogen-bond donors (Lipinski definition) is 2. The van der Waals surface area contributed by atoms with Crippen LogP contribution in [0.2, 0.25) is 0 Å². The van der Waals surface area contributed by atoms with Gasteiger partial charge >= 0.3 is 0 Å². The topological polar surface area (TPSA) is 84.2 Å². The first-order chi connectivity index (χ1) is 18.7. The fourth-order valence-corrected chi connectivity index (χ4v) is 10.9. The molecule has 3 aliphatic carbocycles. The van der Waals surface area contributed by atoms with Gasteiger partial charge in [0.1, 0.15) is 5.82 Å². The van der Waals surface area contributed by atoms with Crippen molar-refractivity contribution in [2.75, 3.05) is 5.75 Å². The molecule has 0 radical (unpaired) electrons. The molecule has 2 heterocycles. The smallest absolute Gasteiger partial charge is 0.212 e. The first-order valence-electron chi connectivity index (χ1n) is 15.2. The standard InChI is InChI=1S/C31H44FN3O3S/c1-3-31(28(36)14-26-29-24(10-7-11-25(29)32)27-17-33-19-35(26)27)15-22-12-20(2)30(23(13-22)16-31)34-39(37,38)18-21-8-5-4-6-9-21/h7,10-11,17,19-23,26,28,30,34,36H,3-6,8-9,12-16,18H2,1-2H3. The zero-order valence-corrected chi connectivity index (χ0v) is 24.2. The molecule has 1 aliphatic heterocycles. The SMILES string of the molecule is CCC1(C(O)CC2c3c(F)cccc3-c3cncn32)CC2CC(C)C(NS(=O)(=O)CC3CCCCC3)C(C2)C1. The average Bonchev–Trinajstić information content (AvgIpc) is 3.49. The van der Waals surface area contributed by atoms with Gasteiger partial charge in [-0.3, -0.25) is 0 Å². The van der Waals surface area contributed by atoms with Crippen molar-refractivity contribution >= 4 is 10.0 Å². The second kappa shape index (κ2) is 10.6. The van der Waals surface area contributed by atoms with E-state index in [1.165, 1.54) is 12.5 Å². The Kier molecular flexibility index (Phi) is 7.43. The molecule has 0 amide bonds. The third-order valence-electron chi connectivity index (χ3n) is 10.8. The van der Waals surface area contributed by atoms with Gasteiger partial charge in [-0.1, -0.05) is 45.2 Å². The molecule has 39 heavy (non-hydrogen) atoms. The van der Waals surface area contributed by atoms with E-state index in [9.17, 15) is 13.5 Å². The molecule has 3 fully saturated rings. The van der Waals surface area contributed by atoms with Crippen molar-refractivity contribution in [1.82, 2.24) is 14.3 Å². The van der Waals surface area contributed by atoms with Crippen LogP contribution in [0.25, 0.3) is 11.3 Å². The molecule has 3 saturated carbocycles. The molecule has 8 heteroatoms. The highest BCUT2D eigenvalue weighted by atomic mass is 32.2.